The minimum absolute atomic E-state index is 0.199. The van der Waals surface area contributed by atoms with Crippen molar-refractivity contribution in [2.75, 3.05) is 23.0 Å². The molecule has 0 heterocycles. The van der Waals surface area contributed by atoms with Crippen LogP contribution in [-0.2, 0) is 14.8 Å². The van der Waals surface area contributed by atoms with Crippen molar-refractivity contribution < 1.29 is 22.7 Å². The lowest BCUT2D eigenvalue weighted by Crippen LogP contribution is -2.45. The van der Waals surface area contributed by atoms with Gasteiger partial charge in [-0.25, -0.2) is 8.42 Å². The second-order valence-corrected chi connectivity index (χ2v) is 9.60. The van der Waals surface area contributed by atoms with Crippen molar-refractivity contribution in [2.24, 2.45) is 0 Å². The Morgan fingerprint density at radius 2 is 1.64 bits per heavy atom. The second kappa shape index (κ2) is 10.1. The number of halogens is 1. The van der Waals surface area contributed by atoms with E-state index >= 15 is 0 Å². The Balaban J connectivity index is 1.93. The fourth-order valence-corrected chi connectivity index (χ4v) is 4.68. The summed E-state index contributed by atoms with van der Waals surface area (Å²) in [6.45, 7) is 1.47. The Kier molecular flexibility index (Phi) is 7.40. The predicted molar refractivity (Wildman–Crippen MR) is 130 cm³/mol. The first-order valence-corrected chi connectivity index (χ1v) is 12.2. The quantitative estimate of drug-likeness (QED) is 0.477. The Hall–Kier alpha value is -3.36. The number of amides is 1. The first kappa shape index (κ1) is 24.3. The summed E-state index contributed by atoms with van der Waals surface area (Å²) < 4.78 is 31.2. The molecule has 0 aliphatic heterocycles. The lowest BCUT2D eigenvalue weighted by molar-refractivity contribution is -0.116. The van der Waals surface area contributed by atoms with E-state index in [9.17, 15) is 18.0 Å². The van der Waals surface area contributed by atoms with Crippen molar-refractivity contribution in [3.8, 4) is 5.75 Å². The number of benzene rings is 3. The summed E-state index contributed by atoms with van der Waals surface area (Å²) in [4.78, 5) is 26.1. The number of anilines is 2. The highest BCUT2D eigenvalue weighted by molar-refractivity contribution is 7.92. The van der Waals surface area contributed by atoms with Crippen molar-refractivity contribution in [3.63, 3.8) is 0 Å². The zero-order valence-corrected chi connectivity index (χ0v) is 19.9. The van der Waals surface area contributed by atoms with E-state index in [0.29, 0.717) is 22.0 Å². The highest BCUT2D eigenvalue weighted by Gasteiger charge is 2.30. The van der Waals surface area contributed by atoms with E-state index < -0.39 is 22.0 Å². The molecule has 0 bridgehead atoms. The largest absolute Gasteiger partial charge is 0.497 e. The Morgan fingerprint density at radius 3 is 2.21 bits per heavy atom. The minimum Gasteiger partial charge on any atom is -0.497 e. The van der Waals surface area contributed by atoms with Crippen LogP contribution in [0.15, 0.2) is 72.8 Å². The van der Waals surface area contributed by atoms with Gasteiger partial charge in [-0.05, 0) is 49.4 Å². The number of carbonyl (C=O) groups excluding carboxylic acids is 2. The van der Waals surface area contributed by atoms with Crippen molar-refractivity contribution >= 4 is 44.7 Å². The van der Waals surface area contributed by atoms with Crippen LogP contribution in [0.25, 0.3) is 0 Å². The van der Waals surface area contributed by atoms with E-state index in [0.717, 1.165) is 10.6 Å². The van der Waals surface area contributed by atoms with Crippen molar-refractivity contribution in [1.82, 2.24) is 0 Å². The number of nitrogens with one attached hydrogen (secondary N) is 1. The molecule has 1 atom stereocenters. The fourth-order valence-electron chi connectivity index (χ4n) is 3.33. The molecule has 7 nitrogen and oxygen atoms in total. The van der Waals surface area contributed by atoms with E-state index in [1.807, 2.05) is 0 Å². The van der Waals surface area contributed by atoms with Crippen molar-refractivity contribution in [2.45, 2.75) is 13.0 Å². The third-order valence-corrected chi connectivity index (χ3v) is 6.41. The lowest BCUT2D eigenvalue weighted by Gasteiger charge is -2.28. The third kappa shape index (κ3) is 5.71. The maximum atomic E-state index is 13.1. The molecular weight excluding hydrogens is 464 g/mol. The molecule has 172 valence electrons. The molecule has 33 heavy (non-hydrogen) atoms. The zero-order chi connectivity index (χ0) is 24.2. The molecule has 3 rings (SSSR count). The molecule has 0 unspecified atom stereocenters. The lowest BCUT2D eigenvalue weighted by atomic mass is 10.0. The van der Waals surface area contributed by atoms with Crippen LogP contribution in [0.5, 0.6) is 5.75 Å². The van der Waals surface area contributed by atoms with Crippen molar-refractivity contribution in [3.05, 3.63) is 88.9 Å². The summed E-state index contributed by atoms with van der Waals surface area (Å²) in [6.07, 6.45) is 1.02. The summed E-state index contributed by atoms with van der Waals surface area (Å²) in [5.74, 6) is -0.383. The van der Waals surface area contributed by atoms with Gasteiger partial charge in [0.15, 0.2) is 5.78 Å². The summed E-state index contributed by atoms with van der Waals surface area (Å²) in [5.41, 5.74) is 1.16. The number of hydrogen-bond donors (Lipinski definition) is 1. The summed E-state index contributed by atoms with van der Waals surface area (Å²) in [7, 11) is -2.31. The number of sulfonamides is 1. The highest BCUT2D eigenvalue weighted by Crippen LogP contribution is 2.27. The van der Waals surface area contributed by atoms with Crippen LogP contribution < -0.4 is 14.4 Å². The highest BCUT2D eigenvalue weighted by atomic mass is 35.5. The van der Waals surface area contributed by atoms with Gasteiger partial charge in [-0.3, -0.25) is 13.9 Å². The summed E-state index contributed by atoms with van der Waals surface area (Å²) in [6, 6.07) is 18.3. The average molecular weight is 487 g/mol. The van der Waals surface area contributed by atoms with E-state index in [4.69, 9.17) is 16.3 Å². The van der Waals surface area contributed by atoms with Gasteiger partial charge in [0.1, 0.15) is 11.8 Å². The number of ether oxygens (including phenoxy) is 1. The van der Waals surface area contributed by atoms with Gasteiger partial charge in [0.25, 0.3) is 0 Å². The summed E-state index contributed by atoms with van der Waals surface area (Å²) >= 11 is 6.10. The number of methoxy groups -OCH3 is 1. The molecule has 0 aliphatic rings. The number of nitrogens with zero attached hydrogens (tertiary/aromatic N) is 1. The normalized spacial score (nSPS) is 12.0. The molecule has 9 heteroatoms. The maximum absolute atomic E-state index is 13.1. The first-order chi connectivity index (χ1) is 15.6. The van der Waals surface area contributed by atoms with Crippen LogP contribution in [0.2, 0.25) is 5.02 Å². The van der Waals surface area contributed by atoms with E-state index in [2.05, 4.69) is 5.32 Å². The van der Waals surface area contributed by atoms with E-state index in [1.165, 1.54) is 26.2 Å². The molecule has 1 amide bonds. The van der Waals surface area contributed by atoms with E-state index in [1.54, 1.807) is 60.7 Å². The number of ketones is 1. The Labute approximate surface area is 198 Å². The van der Waals surface area contributed by atoms with Gasteiger partial charge in [0, 0.05) is 16.1 Å². The number of carbonyl (C=O) groups is 2. The number of hydrogen-bond acceptors (Lipinski definition) is 5. The summed E-state index contributed by atoms with van der Waals surface area (Å²) in [5, 5.41) is 3.01. The van der Waals surface area contributed by atoms with Crippen LogP contribution in [0.3, 0.4) is 0 Å². The zero-order valence-electron chi connectivity index (χ0n) is 18.3. The van der Waals surface area contributed by atoms with Crippen molar-refractivity contribution in [1.29, 1.82) is 0 Å². The van der Waals surface area contributed by atoms with Gasteiger partial charge < -0.3 is 10.1 Å². The Morgan fingerprint density at radius 1 is 1.00 bits per heavy atom. The monoisotopic (exact) mass is 486 g/mol. The molecule has 0 spiro atoms. The molecule has 0 fully saturated rings. The first-order valence-electron chi connectivity index (χ1n) is 9.95. The molecule has 3 aromatic rings. The third-order valence-electron chi connectivity index (χ3n) is 4.94. The molecule has 0 radical (unpaired) electrons. The molecule has 0 saturated carbocycles. The topological polar surface area (TPSA) is 92.8 Å². The Bertz CT molecular complexity index is 1260. The van der Waals surface area contributed by atoms with E-state index in [-0.39, 0.29) is 17.0 Å². The van der Waals surface area contributed by atoms with Gasteiger partial charge in [0.2, 0.25) is 15.9 Å². The maximum Gasteiger partial charge on any atom is 0.248 e. The molecular formula is C24H23ClN2O5S. The van der Waals surface area contributed by atoms with Crippen LogP contribution >= 0.6 is 11.6 Å². The minimum atomic E-state index is -3.81. The SMILES string of the molecule is COc1ccc(N([C@H](C)C(=O)Nc2ccc(Cl)cc2C(=O)c2ccccc2)S(C)(=O)=O)cc1. The smallest absolute Gasteiger partial charge is 0.248 e. The second-order valence-electron chi connectivity index (χ2n) is 7.31. The molecule has 0 saturated heterocycles. The standard InChI is InChI=1S/C24H23ClN2O5S/c1-16(27(33(3,30)31)19-10-12-20(32-2)13-11-19)24(29)26-22-14-9-18(25)15-21(22)23(28)17-7-5-4-6-8-17/h4-16H,1-3H3,(H,26,29)/t16-/m1/s1. The van der Waals surface area contributed by atoms with Gasteiger partial charge in [-0.15, -0.1) is 0 Å². The molecule has 1 N–H and O–H groups in total. The van der Waals surface area contributed by atoms with Crippen LogP contribution in [-0.4, -0.2) is 39.5 Å². The van der Waals surface area contributed by atoms with Gasteiger partial charge in [-0.2, -0.15) is 0 Å². The van der Waals surface area contributed by atoms with Gasteiger partial charge >= 0.3 is 0 Å². The predicted octanol–water partition coefficient (Wildman–Crippen LogP) is 4.37. The molecule has 0 aliphatic carbocycles. The van der Waals surface area contributed by atoms with Gasteiger partial charge in [0.05, 0.1) is 24.7 Å². The average Bonchev–Trinajstić information content (AvgIpc) is 2.80. The number of rotatable bonds is 8. The van der Waals surface area contributed by atoms with Crippen LogP contribution in [0.4, 0.5) is 11.4 Å². The van der Waals surface area contributed by atoms with Gasteiger partial charge in [-0.1, -0.05) is 41.9 Å². The fraction of sp³-hybridized carbons (Fsp3) is 0.167. The molecule has 3 aromatic carbocycles. The molecule has 0 aromatic heterocycles. The van der Waals surface area contributed by atoms with Crippen LogP contribution in [0.1, 0.15) is 22.8 Å². The van der Waals surface area contributed by atoms with Crippen LogP contribution in [0, 0.1) is 0 Å².